The average molecular weight is 286 g/mol. The smallest absolute Gasteiger partial charge is 0.138 e. The first-order chi connectivity index (χ1) is 9.24. The van der Waals surface area contributed by atoms with Crippen LogP contribution in [-0.4, -0.2) is 32.9 Å². The third-order valence-corrected chi connectivity index (χ3v) is 3.01. The van der Waals surface area contributed by atoms with E-state index in [4.69, 9.17) is 21.1 Å². The maximum Gasteiger partial charge on any atom is 0.138 e. The van der Waals surface area contributed by atoms with Crippen LogP contribution in [0, 0.1) is 6.92 Å². The normalized spacial score (nSPS) is 10.7. The number of hydrogen-bond acceptors (Lipinski definition) is 3. The third kappa shape index (κ3) is 7.41. The number of ether oxygens (including phenoxy) is 2. The minimum Gasteiger partial charge on any atom is -0.490 e. The molecule has 0 aromatic heterocycles. The van der Waals surface area contributed by atoms with Crippen molar-refractivity contribution in [3.05, 3.63) is 28.8 Å². The molecule has 0 heterocycles. The Morgan fingerprint density at radius 2 is 2.00 bits per heavy atom. The molecule has 0 atom stereocenters. The number of aryl methyl sites for hydroxylation is 1. The Balaban J connectivity index is 2.03. The zero-order valence-electron chi connectivity index (χ0n) is 11.9. The molecular weight excluding hydrogens is 262 g/mol. The fourth-order valence-electron chi connectivity index (χ4n) is 1.60. The van der Waals surface area contributed by atoms with E-state index in [-0.39, 0.29) is 0 Å². The molecule has 0 radical (unpaired) electrons. The minimum atomic E-state index is 0.526. The van der Waals surface area contributed by atoms with Crippen molar-refractivity contribution in [2.45, 2.75) is 26.7 Å². The summed E-state index contributed by atoms with van der Waals surface area (Å²) in [6.07, 6.45) is 2.44. The molecule has 0 saturated carbocycles. The Hall–Kier alpha value is -0.770. The fourth-order valence-corrected chi connectivity index (χ4v) is 1.78. The Kier molecular flexibility index (Phi) is 8.63. The lowest BCUT2D eigenvalue weighted by molar-refractivity contribution is 0.102. The summed E-state index contributed by atoms with van der Waals surface area (Å²) < 4.78 is 11.1. The first kappa shape index (κ1) is 16.3. The van der Waals surface area contributed by atoms with Crippen LogP contribution in [0.15, 0.2) is 18.2 Å². The second-order valence-electron chi connectivity index (χ2n) is 4.50. The quantitative estimate of drug-likeness (QED) is 0.668. The van der Waals surface area contributed by atoms with E-state index in [0.717, 1.165) is 24.4 Å². The van der Waals surface area contributed by atoms with Crippen LogP contribution in [0.3, 0.4) is 0 Å². The topological polar surface area (TPSA) is 30.5 Å². The van der Waals surface area contributed by atoms with Gasteiger partial charge in [-0.25, -0.2) is 0 Å². The standard InChI is InChI=1S/C15H24ClNO2/c1-3-4-7-17-8-9-18-10-11-19-15-12-13(2)5-6-14(15)16/h5-6,12,17H,3-4,7-11H2,1-2H3. The number of benzene rings is 1. The molecule has 0 spiro atoms. The molecule has 0 aliphatic rings. The van der Waals surface area contributed by atoms with Crippen molar-refractivity contribution < 1.29 is 9.47 Å². The van der Waals surface area contributed by atoms with Gasteiger partial charge in [0, 0.05) is 6.54 Å². The van der Waals surface area contributed by atoms with Gasteiger partial charge in [-0.15, -0.1) is 0 Å². The molecule has 1 rings (SSSR count). The zero-order chi connectivity index (χ0) is 13.9. The van der Waals surface area contributed by atoms with Gasteiger partial charge in [-0.05, 0) is 37.6 Å². The molecule has 0 aliphatic heterocycles. The first-order valence-corrected chi connectivity index (χ1v) is 7.29. The fraction of sp³-hybridized carbons (Fsp3) is 0.600. The van der Waals surface area contributed by atoms with E-state index in [2.05, 4.69) is 12.2 Å². The summed E-state index contributed by atoms with van der Waals surface area (Å²) in [7, 11) is 0. The number of hydrogen-bond donors (Lipinski definition) is 1. The zero-order valence-corrected chi connectivity index (χ0v) is 12.6. The van der Waals surface area contributed by atoms with Crippen LogP contribution in [0.4, 0.5) is 0 Å². The van der Waals surface area contributed by atoms with Crippen LogP contribution in [0.5, 0.6) is 5.75 Å². The Morgan fingerprint density at radius 3 is 2.79 bits per heavy atom. The van der Waals surface area contributed by atoms with Crippen molar-refractivity contribution in [2.24, 2.45) is 0 Å². The predicted molar refractivity (Wildman–Crippen MR) is 80.3 cm³/mol. The molecule has 108 valence electrons. The molecule has 1 aromatic carbocycles. The van der Waals surface area contributed by atoms with E-state index >= 15 is 0 Å². The van der Waals surface area contributed by atoms with Gasteiger partial charge in [-0.1, -0.05) is 31.0 Å². The van der Waals surface area contributed by atoms with Gasteiger partial charge in [-0.2, -0.15) is 0 Å². The number of rotatable bonds is 10. The highest BCUT2D eigenvalue weighted by molar-refractivity contribution is 6.32. The van der Waals surface area contributed by atoms with E-state index < -0.39 is 0 Å². The van der Waals surface area contributed by atoms with Crippen molar-refractivity contribution in [3.8, 4) is 5.75 Å². The third-order valence-electron chi connectivity index (χ3n) is 2.70. The highest BCUT2D eigenvalue weighted by atomic mass is 35.5. The SMILES string of the molecule is CCCCNCCOCCOc1cc(C)ccc1Cl. The largest absolute Gasteiger partial charge is 0.490 e. The molecule has 0 aliphatic carbocycles. The predicted octanol–water partition coefficient (Wildman–Crippen LogP) is 3.43. The second kappa shape index (κ2) is 10.1. The number of nitrogens with one attached hydrogen (secondary N) is 1. The Bertz CT molecular complexity index is 358. The summed E-state index contributed by atoms with van der Waals surface area (Å²) in [4.78, 5) is 0. The van der Waals surface area contributed by atoms with Crippen LogP contribution in [0.2, 0.25) is 5.02 Å². The van der Waals surface area contributed by atoms with Gasteiger partial charge in [0.05, 0.1) is 18.2 Å². The van der Waals surface area contributed by atoms with Gasteiger partial charge in [0.2, 0.25) is 0 Å². The molecule has 19 heavy (non-hydrogen) atoms. The van der Waals surface area contributed by atoms with E-state index in [1.165, 1.54) is 12.8 Å². The summed E-state index contributed by atoms with van der Waals surface area (Å²) in [6, 6.07) is 5.76. The molecule has 1 aromatic rings. The lowest BCUT2D eigenvalue weighted by Crippen LogP contribution is -2.21. The van der Waals surface area contributed by atoms with Crippen molar-refractivity contribution in [1.29, 1.82) is 0 Å². The van der Waals surface area contributed by atoms with Crippen molar-refractivity contribution >= 4 is 11.6 Å². The van der Waals surface area contributed by atoms with Crippen LogP contribution >= 0.6 is 11.6 Å². The molecule has 4 heteroatoms. The van der Waals surface area contributed by atoms with Crippen LogP contribution in [-0.2, 0) is 4.74 Å². The van der Waals surface area contributed by atoms with Gasteiger partial charge in [0.1, 0.15) is 12.4 Å². The molecule has 0 amide bonds. The number of unbranched alkanes of at least 4 members (excludes halogenated alkanes) is 1. The first-order valence-electron chi connectivity index (χ1n) is 6.91. The van der Waals surface area contributed by atoms with Crippen LogP contribution < -0.4 is 10.1 Å². The van der Waals surface area contributed by atoms with Crippen molar-refractivity contribution in [2.75, 3.05) is 32.9 Å². The van der Waals surface area contributed by atoms with Gasteiger partial charge in [0.15, 0.2) is 0 Å². The lowest BCUT2D eigenvalue weighted by atomic mass is 10.2. The molecule has 0 bridgehead atoms. The van der Waals surface area contributed by atoms with Crippen molar-refractivity contribution in [3.63, 3.8) is 0 Å². The van der Waals surface area contributed by atoms with Gasteiger partial charge >= 0.3 is 0 Å². The van der Waals surface area contributed by atoms with Gasteiger partial charge < -0.3 is 14.8 Å². The van der Waals surface area contributed by atoms with Crippen LogP contribution in [0.25, 0.3) is 0 Å². The summed E-state index contributed by atoms with van der Waals surface area (Å²) in [6.45, 7) is 7.99. The van der Waals surface area contributed by atoms with E-state index in [9.17, 15) is 0 Å². The number of halogens is 1. The Labute approximate surface area is 121 Å². The molecule has 1 N–H and O–H groups in total. The summed E-state index contributed by atoms with van der Waals surface area (Å²) in [5.41, 5.74) is 1.14. The summed E-state index contributed by atoms with van der Waals surface area (Å²) in [5, 5.41) is 3.97. The molecular formula is C15H24ClNO2. The maximum atomic E-state index is 6.03. The summed E-state index contributed by atoms with van der Waals surface area (Å²) in [5.74, 6) is 0.728. The van der Waals surface area contributed by atoms with Crippen molar-refractivity contribution in [1.82, 2.24) is 5.32 Å². The molecule has 0 fully saturated rings. The highest BCUT2D eigenvalue weighted by Gasteiger charge is 2.01. The molecule has 0 unspecified atom stereocenters. The monoisotopic (exact) mass is 285 g/mol. The minimum absolute atomic E-state index is 0.526. The van der Waals surface area contributed by atoms with Gasteiger partial charge in [0.25, 0.3) is 0 Å². The molecule has 3 nitrogen and oxygen atoms in total. The van der Waals surface area contributed by atoms with E-state index in [1.807, 2.05) is 25.1 Å². The van der Waals surface area contributed by atoms with E-state index in [1.54, 1.807) is 0 Å². The lowest BCUT2D eigenvalue weighted by Gasteiger charge is -2.09. The Morgan fingerprint density at radius 1 is 1.16 bits per heavy atom. The second-order valence-corrected chi connectivity index (χ2v) is 4.91. The molecule has 0 saturated heterocycles. The highest BCUT2D eigenvalue weighted by Crippen LogP contribution is 2.24. The van der Waals surface area contributed by atoms with Crippen LogP contribution in [0.1, 0.15) is 25.3 Å². The average Bonchev–Trinajstić information content (AvgIpc) is 2.40. The summed E-state index contributed by atoms with van der Waals surface area (Å²) >= 11 is 6.03. The van der Waals surface area contributed by atoms with E-state index in [0.29, 0.717) is 24.8 Å². The maximum absolute atomic E-state index is 6.03. The van der Waals surface area contributed by atoms with Gasteiger partial charge in [-0.3, -0.25) is 0 Å².